The van der Waals surface area contributed by atoms with Gasteiger partial charge in [0.25, 0.3) is 0 Å². The number of hydrogen-bond donors (Lipinski definition) is 2. The van der Waals surface area contributed by atoms with Crippen molar-refractivity contribution in [2.45, 2.75) is 37.9 Å². The topological polar surface area (TPSA) is 44.7 Å². The van der Waals surface area contributed by atoms with E-state index in [0.717, 1.165) is 25.2 Å². The van der Waals surface area contributed by atoms with E-state index in [1.165, 1.54) is 19.3 Å². The molecule has 2 atom stereocenters. The molecule has 2 N–H and O–H groups in total. The van der Waals surface area contributed by atoms with Crippen LogP contribution in [0.3, 0.4) is 0 Å². The lowest BCUT2D eigenvalue weighted by molar-refractivity contribution is 0.247. The Balaban J connectivity index is 1.67. The molecular formula is C15H22N2O2. The molecule has 0 spiro atoms. The fraction of sp³-hybridized carbons (Fsp3) is 0.600. The molecule has 2 fully saturated rings. The number of ether oxygens (including phenoxy) is 1. The lowest BCUT2D eigenvalue weighted by atomic mass is 10.1. The second-order valence-electron chi connectivity index (χ2n) is 5.66. The van der Waals surface area contributed by atoms with Gasteiger partial charge < -0.3 is 15.2 Å². The van der Waals surface area contributed by atoms with E-state index in [4.69, 9.17) is 4.74 Å². The highest BCUT2D eigenvalue weighted by Gasteiger charge is 2.29. The van der Waals surface area contributed by atoms with E-state index < -0.39 is 0 Å². The SMILES string of the molecule is COc1ccc(CN2CCC3CCC(C2)N3)c(O)c1. The van der Waals surface area contributed by atoms with E-state index in [9.17, 15) is 5.11 Å². The minimum Gasteiger partial charge on any atom is -0.507 e. The number of phenols is 1. The first-order valence-electron chi connectivity index (χ1n) is 7.09. The quantitative estimate of drug-likeness (QED) is 0.871. The van der Waals surface area contributed by atoms with E-state index in [0.29, 0.717) is 23.6 Å². The Morgan fingerprint density at radius 2 is 2.16 bits per heavy atom. The molecule has 104 valence electrons. The summed E-state index contributed by atoms with van der Waals surface area (Å²) in [5.74, 6) is 1.04. The van der Waals surface area contributed by atoms with Gasteiger partial charge >= 0.3 is 0 Å². The zero-order chi connectivity index (χ0) is 13.2. The molecule has 1 aromatic carbocycles. The van der Waals surface area contributed by atoms with Crippen molar-refractivity contribution in [3.05, 3.63) is 23.8 Å². The first-order chi connectivity index (χ1) is 9.24. The van der Waals surface area contributed by atoms with Gasteiger partial charge in [0.15, 0.2) is 0 Å². The van der Waals surface area contributed by atoms with Gasteiger partial charge in [-0.1, -0.05) is 6.07 Å². The predicted molar refractivity (Wildman–Crippen MR) is 74.5 cm³/mol. The molecule has 2 unspecified atom stereocenters. The summed E-state index contributed by atoms with van der Waals surface area (Å²) in [7, 11) is 1.62. The Bertz CT molecular complexity index is 450. The van der Waals surface area contributed by atoms with Gasteiger partial charge in [0.05, 0.1) is 7.11 Å². The highest BCUT2D eigenvalue weighted by molar-refractivity contribution is 5.39. The largest absolute Gasteiger partial charge is 0.507 e. The van der Waals surface area contributed by atoms with Crippen LogP contribution >= 0.6 is 0 Å². The zero-order valence-electron chi connectivity index (χ0n) is 11.4. The van der Waals surface area contributed by atoms with E-state index in [1.807, 2.05) is 12.1 Å². The van der Waals surface area contributed by atoms with Crippen LogP contribution in [0.2, 0.25) is 0 Å². The highest BCUT2D eigenvalue weighted by Crippen LogP contribution is 2.26. The van der Waals surface area contributed by atoms with Gasteiger partial charge in [0.2, 0.25) is 0 Å². The summed E-state index contributed by atoms with van der Waals surface area (Å²) >= 11 is 0. The molecule has 0 aliphatic carbocycles. The maximum Gasteiger partial charge on any atom is 0.123 e. The van der Waals surface area contributed by atoms with Crippen molar-refractivity contribution < 1.29 is 9.84 Å². The fourth-order valence-electron chi connectivity index (χ4n) is 3.20. The Labute approximate surface area is 114 Å². The second-order valence-corrected chi connectivity index (χ2v) is 5.66. The van der Waals surface area contributed by atoms with E-state index >= 15 is 0 Å². The lowest BCUT2D eigenvalue weighted by Crippen LogP contribution is -2.34. The van der Waals surface area contributed by atoms with Gasteiger partial charge in [0.1, 0.15) is 11.5 Å². The molecule has 2 bridgehead atoms. The maximum absolute atomic E-state index is 10.0. The molecule has 2 heterocycles. The number of phenolic OH excluding ortho intramolecular Hbond substituents is 1. The summed E-state index contributed by atoms with van der Waals surface area (Å²) in [5.41, 5.74) is 0.985. The van der Waals surface area contributed by atoms with Crippen LogP contribution in [0.15, 0.2) is 18.2 Å². The van der Waals surface area contributed by atoms with Crippen LogP contribution in [0.1, 0.15) is 24.8 Å². The van der Waals surface area contributed by atoms with Crippen LogP contribution < -0.4 is 10.1 Å². The molecule has 0 radical (unpaired) electrons. The summed E-state index contributed by atoms with van der Waals surface area (Å²) in [6.45, 7) is 3.02. The number of nitrogens with zero attached hydrogens (tertiary/aromatic N) is 1. The third-order valence-electron chi connectivity index (χ3n) is 4.29. The van der Waals surface area contributed by atoms with Gasteiger partial charge in [-0.2, -0.15) is 0 Å². The molecule has 1 aromatic rings. The fourth-order valence-corrected chi connectivity index (χ4v) is 3.20. The molecule has 3 rings (SSSR count). The van der Waals surface area contributed by atoms with Gasteiger partial charge in [0, 0.05) is 43.3 Å². The van der Waals surface area contributed by atoms with Crippen molar-refractivity contribution in [2.75, 3.05) is 20.2 Å². The van der Waals surface area contributed by atoms with Crippen molar-refractivity contribution in [1.82, 2.24) is 10.2 Å². The van der Waals surface area contributed by atoms with Crippen LogP contribution in [0.5, 0.6) is 11.5 Å². The molecule has 2 saturated heterocycles. The minimum absolute atomic E-state index is 0.335. The van der Waals surface area contributed by atoms with Crippen molar-refractivity contribution in [2.24, 2.45) is 0 Å². The summed E-state index contributed by atoms with van der Waals surface area (Å²) in [5, 5.41) is 13.7. The number of likely N-dealkylation sites (tertiary alicyclic amines) is 1. The van der Waals surface area contributed by atoms with Crippen LogP contribution in [0.25, 0.3) is 0 Å². The van der Waals surface area contributed by atoms with E-state index in [-0.39, 0.29) is 0 Å². The molecule has 0 aromatic heterocycles. The molecule has 2 aliphatic rings. The average Bonchev–Trinajstić information content (AvgIpc) is 2.74. The number of aromatic hydroxyl groups is 1. The van der Waals surface area contributed by atoms with Gasteiger partial charge in [-0.3, -0.25) is 4.90 Å². The first-order valence-corrected chi connectivity index (χ1v) is 7.09. The normalized spacial score (nSPS) is 27.2. The molecule has 2 aliphatic heterocycles. The highest BCUT2D eigenvalue weighted by atomic mass is 16.5. The van der Waals surface area contributed by atoms with Gasteiger partial charge in [-0.25, -0.2) is 0 Å². The van der Waals surface area contributed by atoms with Gasteiger partial charge in [-0.05, 0) is 25.3 Å². The summed E-state index contributed by atoms with van der Waals surface area (Å²) in [6.07, 6.45) is 3.83. The zero-order valence-corrected chi connectivity index (χ0v) is 11.4. The van der Waals surface area contributed by atoms with Gasteiger partial charge in [-0.15, -0.1) is 0 Å². The van der Waals surface area contributed by atoms with Crippen molar-refractivity contribution in [1.29, 1.82) is 0 Å². The number of methoxy groups -OCH3 is 1. The van der Waals surface area contributed by atoms with Crippen LogP contribution in [-0.2, 0) is 6.54 Å². The van der Waals surface area contributed by atoms with Crippen LogP contribution in [0, 0.1) is 0 Å². The molecule has 0 saturated carbocycles. The molecule has 19 heavy (non-hydrogen) atoms. The van der Waals surface area contributed by atoms with Crippen molar-refractivity contribution in [3.63, 3.8) is 0 Å². The summed E-state index contributed by atoms with van der Waals surface area (Å²) < 4.78 is 5.12. The van der Waals surface area contributed by atoms with Crippen molar-refractivity contribution >= 4 is 0 Å². The number of benzene rings is 1. The first kappa shape index (κ1) is 12.8. The molecule has 4 nitrogen and oxygen atoms in total. The summed E-state index contributed by atoms with van der Waals surface area (Å²) in [4.78, 5) is 2.44. The smallest absolute Gasteiger partial charge is 0.123 e. The van der Waals surface area contributed by atoms with Crippen LogP contribution in [-0.4, -0.2) is 42.3 Å². The maximum atomic E-state index is 10.0. The van der Waals surface area contributed by atoms with Crippen LogP contribution in [0.4, 0.5) is 0 Å². The second kappa shape index (κ2) is 5.39. The molecule has 0 amide bonds. The third-order valence-corrected chi connectivity index (χ3v) is 4.29. The Hall–Kier alpha value is -1.26. The van der Waals surface area contributed by atoms with Crippen molar-refractivity contribution in [3.8, 4) is 11.5 Å². The number of fused-ring (bicyclic) bond motifs is 2. The number of hydrogen-bond acceptors (Lipinski definition) is 4. The molecular weight excluding hydrogens is 240 g/mol. The Morgan fingerprint density at radius 1 is 1.32 bits per heavy atom. The average molecular weight is 262 g/mol. The van der Waals surface area contributed by atoms with E-state index in [2.05, 4.69) is 10.2 Å². The van der Waals surface area contributed by atoms with E-state index in [1.54, 1.807) is 13.2 Å². The number of rotatable bonds is 3. The summed E-state index contributed by atoms with van der Waals surface area (Å²) in [6, 6.07) is 6.91. The monoisotopic (exact) mass is 262 g/mol. The molecule has 4 heteroatoms. The number of nitrogens with one attached hydrogen (secondary N) is 1. The Kier molecular flexibility index (Phi) is 3.62. The minimum atomic E-state index is 0.335. The third kappa shape index (κ3) is 2.85. The standard InChI is InChI=1S/C15H22N2O2/c1-19-14-5-2-11(15(18)8-14)9-17-7-6-12-3-4-13(10-17)16-12/h2,5,8,12-13,16,18H,3-4,6-7,9-10H2,1H3. The predicted octanol–water partition coefficient (Wildman–Crippen LogP) is 1.73. The Morgan fingerprint density at radius 3 is 2.95 bits per heavy atom. The lowest BCUT2D eigenvalue weighted by Gasteiger charge is -2.24.